The number of ether oxygens (including phenoxy) is 2. The molecular formula is C20H20O4. The summed E-state index contributed by atoms with van der Waals surface area (Å²) in [5.74, 6) is 0.107. The minimum Gasteiger partial charge on any atom is -0.497 e. The lowest BCUT2D eigenvalue weighted by Crippen LogP contribution is -2.09. The normalized spacial score (nSPS) is 12.0. The number of allylic oxidation sites excluding steroid dienone is 1. The summed E-state index contributed by atoms with van der Waals surface area (Å²) in [5.41, 5.74) is 1.99. The Kier molecular flexibility index (Phi) is 5.90. The Labute approximate surface area is 141 Å². The van der Waals surface area contributed by atoms with Crippen molar-refractivity contribution in [2.24, 2.45) is 5.92 Å². The van der Waals surface area contributed by atoms with Crippen LogP contribution in [0.4, 0.5) is 0 Å². The van der Waals surface area contributed by atoms with Gasteiger partial charge in [-0.25, -0.2) is 4.79 Å². The van der Waals surface area contributed by atoms with Crippen LogP contribution in [0.5, 0.6) is 5.75 Å². The van der Waals surface area contributed by atoms with Gasteiger partial charge in [0, 0.05) is 11.5 Å². The molecule has 0 amide bonds. The van der Waals surface area contributed by atoms with Crippen LogP contribution in [0.2, 0.25) is 0 Å². The molecule has 0 N–H and O–H groups in total. The van der Waals surface area contributed by atoms with Crippen molar-refractivity contribution >= 4 is 17.8 Å². The third-order valence-corrected chi connectivity index (χ3v) is 3.70. The second kappa shape index (κ2) is 8.11. The van der Waals surface area contributed by atoms with E-state index in [0.717, 1.165) is 11.3 Å². The maximum atomic E-state index is 12.4. The molecule has 0 radical (unpaired) electrons. The molecule has 24 heavy (non-hydrogen) atoms. The van der Waals surface area contributed by atoms with E-state index in [-0.39, 0.29) is 11.7 Å². The van der Waals surface area contributed by atoms with E-state index in [1.807, 2.05) is 43.3 Å². The molecule has 0 aliphatic carbocycles. The summed E-state index contributed by atoms with van der Waals surface area (Å²) >= 11 is 0. The number of hydrogen-bond donors (Lipinski definition) is 0. The highest BCUT2D eigenvalue weighted by Gasteiger charge is 2.13. The van der Waals surface area contributed by atoms with Gasteiger partial charge in [0.05, 0.1) is 19.8 Å². The molecule has 1 atom stereocenters. The number of carbonyl (C=O) groups is 2. The van der Waals surface area contributed by atoms with Gasteiger partial charge >= 0.3 is 5.97 Å². The summed E-state index contributed by atoms with van der Waals surface area (Å²) in [6, 6.07) is 14.1. The SMILES string of the molecule is COC(=O)c1ccc(C(=O)[C@@H](C)/C=C/c2ccc(OC)cc2)cc1. The first-order valence-corrected chi connectivity index (χ1v) is 7.60. The Balaban J connectivity index is 2.05. The molecule has 0 saturated heterocycles. The second-order valence-corrected chi connectivity index (χ2v) is 5.35. The third-order valence-electron chi connectivity index (χ3n) is 3.70. The molecule has 2 aromatic rings. The van der Waals surface area contributed by atoms with Crippen molar-refractivity contribution in [3.63, 3.8) is 0 Å². The van der Waals surface area contributed by atoms with Gasteiger partial charge in [-0.3, -0.25) is 4.79 Å². The molecule has 0 saturated carbocycles. The fourth-order valence-corrected chi connectivity index (χ4v) is 2.21. The van der Waals surface area contributed by atoms with Gasteiger partial charge in [0.15, 0.2) is 5.78 Å². The Morgan fingerprint density at radius 2 is 1.50 bits per heavy atom. The average Bonchev–Trinajstić information content (AvgIpc) is 2.65. The number of rotatable bonds is 6. The number of Topliss-reactive ketones (excluding diaryl/α,β-unsaturated/α-hetero) is 1. The van der Waals surface area contributed by atoms with Crippen molar-refractivity contribution in [3.05, 3.63) is 71.3 Å². The van der Waals surface area contributed by atoms with Crippen LogP contribution in [0.1, 0.15) is 33.2 Å². The minimum atomic E-state index is -0.415. The van der Waals surface area contributed by atoms with Crippen LogP contribution >= 0.6 is 0 Å². The van der Waals surface area contributed by atoms with Gasteiger partial charge in [0.2, 0.25) is 0 Å². The molecule has 0 aromatic heterocycles. The summed E-state index contributed by atoms with van der Waals surface area (Å²) in [7, 11) is 2.95. The topological polar surface area (TPSA) is 52.6 Å². The predicted octanol–water partition coefficient (Wildman–Crippen LogP) is 4.01. The molecule has 0 aliphatic heterocycles. The lowest BCUT2D eigenvalue weighted by Gasteiger charge is -2.07. The average molecular weight is 324 g/mol. The number of carbonyl (C=O) groups excluding carboxylic acids is 2. The summed E-state index contributed by atoms with van der Waals surface area (Å²) in [4.78, 5) is 23.8. The van der Waals surface area contributed by atoms with Crippen molar-refractivity contribution in [1.82, 2.24) is 0 Å². The van der Waals surface area contributed by atoms with Crippen molar-refractivity contribution < 1.29 is 19.1 Å². The highest BCUT2D eigenvalue weighted by atomic mass is 16.5. The highest BCUT2D eigenvalue weighted by molar-refractivity contribution is 6.00. The van der Waals surface area contributed by atoms with E-state index in [1.54, 1.807) is 31.4 Å². The van der Waals surface area contributed by atoms with E-state index >= 15 is 0 Å². The maximum Gasteiger partial charge on any atom is 0.337 e. The predicted molar refractivity (Wildman–Crippen MR) is 93.3 cm³/mol. The summed E-state index contributed by atoms with van der Waals surface area (Å²) in [5, 5.41) is 0. The molecule has 0 spiro atoms. The number of methoxy groups -OCH3 is 2. The van der Waals surface area contributed by atoms with Gasteiger partial charge in [0.1, 0.15) is 5.75 Å². The number of benzene rings is 2. The van der Waals surface area contributed by atoms with Crippen LogP contribution in [0.15, 0.2) is 54.6 Å². The van der Waals surface area contributed by atoms with E-state index in [4.69, 9.17) is 4.74 Å². The quantitative estimate of drug-likeness (QED) is 0.595. The molecule has 0 bridgehead atoms. The third kappa shape index (κ3) is 4.32. The molecular weight excluding hydrogens is 304 g/mol. The zero-order valence-corrected chi connectivity index (χ0v) is 14.0. The number of hydrogen-bond acceptors (Lipinski definition) is 4. The zero-order valence-electron chi connectivity index (χ0n) is 14.0. The molecule has 2 aromatic carbocycles. The molecule has 4 heteroatoms. The van der Waals surface area contributed by atoms with Gasteiger partial charge in [-0.2, -0.15) is 0 Å². The first-order valence-electron chi connectivity index (χ1n) is 7.60. The van der Waals surface area contributed by atoms with Gasteiger partial charge in [-0.15, -0.1) is 0 Å². The van der Waals surface area contributed by atoms with E-state index in [2.05, 4.69) is 4.74 Å². The molecule has 124 valence electrons. The Morgan fingerprint density at radius 3 is 2.04 bits per heavy atom. The van der Waals surface area contributed by atoms with Crippen LogP contribution in [0.3, 0.4) is 0 Å². The fraction of sp³-hybridized carbons (Fsp3) is 0.200. The maximum absolute atomic E-state index is 12.4. The molecule has 4 nitrogen and oxygen atoms in total. The lowest BCUT2D eigenvalue weighted by molar-refractivity contribution is 0.0600. The molecule has 0 heterocycles. The van der Waals surface area contributed by atoms with Crippen LogP contribution in [0, 0.1) is 5.92 Å². The fourth-order valence-electron chi connectivity index (χ4n) is 2.21. The van der Waals surface area contributed by atoms with E-state index < -0.39 is 5.97 Å². The van der Waals surface area contributed by atoms with Gasteiger partial charge in [0.25, 0.3) is 0 Å². The number of esters is 1. The van der Waals surface area contributed by atoms with E-state index in [0.29, 0.717) is 11.1 Å². The zero-order chi connectivity index (χ0) is 17.5. The number of ketones is 1. The van der Waals surface area contributed by atoms with Crippen molar-refractivity contribution in [3.8, 4) is 5.75 Å². The van der Waals surface area contributed by atoms with Crippen molar-refractivity contribution in [1.29, 1.82) is 0 Å². The van der Waals surface area contributed by atoms with Crippen molar-refractivity contribution in [2.45, 2.75) is 6.92 Å². The summed E-state index contributed by atoms with van der Waals surface area (Å²) < 4.78 is 9.76. The van der Waals surface area contributed by atoms with Crippen molar-refractivity contribution in [2.75, 3.05) is 14.2 Å². The Hall–Kier alpha value is -2.88. The van der Waals surface area contributed by atoms with Gasteiger partial charge < -0.3 is 9.47 Å². The van der Waals surface area contributed by atoms with E-state index in [1.165, 1.54) is 7.11 Å². The minimum absolute atomic E-state index is 0.00354. The summed E-state index contributed by atoms with van der Waals surface area (Å²) in [6.45, 7) is 1.84. The first kappa shape index (κ1) is 17.5. The van der Waals surface area contributed by atoms with Crippen LogP contribution < -0.4 is 4.74 Å². The lowest BCUT2D eigenvalue weighted by atomic mass is 9.97. The second-order valence-electron chi connectivity index (χ2n) is 5.35. The highest BCUT2D eigenvalue weighted by Crippen LogP contribution is 2.16. The Morgan fingerprint density at radius 1 is 0.917 bits per heavy atom. The summed E-state index contributed by atoms with van der Waals surface area (Å²) in [6.07, 6.45) is 3.77. The molecule has 0 unspecified atom stereocenters. The monoisotopic (exact) mass is 324 g/mol. The first-order chi connectivity index (χ1) is 11.5. The van der Waals surface area contributed by atoms with Crippen LogP contribution in [-0.4, -0.2) is 26.0 Å². The molecule has 0 fully saturated rings. The molecule has 0 aliphatic rings. The van der Waals surface area contributed by atoms with Crippen LogP contribution in [-0.2, 0) is 4.74 Å². The van der Waals surface area contributed by atoms with Gasteiger partial charge in [-0.1, -0.05) is 43.3 Å². The smallest absolute Gasteiger partial charge is 0.337 e. The standard InChI is InChI=1S/C20H20O4/c1-14(4-5-15-6-12-18(23-2)13-7-15)19(21)16-8-10-17(11-9-16)20(22)24-3/h4-14H,1-3H3/b5-4+/t14-/m0/s1. The largest absolute Gasteiger partial charge is 0.497 e. The van der Waals surface area contributed by atoms with Crippen LogP contribution in [0.25, 0.3) is 6.08 Å². The van der Waals surface area contributed by atoms with E-state index in [9.17, 15) is 9.59 Å². The molecule has 2 rings (SSSR count). The Bertz CT molecular complexity index is 727. The van der Waals surface area contributed by atoms with Gasteiger partial charge in [-0.05, 0) is 29.8 Å².